The van der Waals surface area contributed by atoms with Crippen molar-refractivity contribution < 1.29 is 39.3 Å². The molecule has 0 bridgehead atoms. The van der Waals surface area contributed by atoms with Crippen molar-refractivity contribution in [1.29, 1.82) is 0 Å². The van der Waals surface area contributed by atoms with E-state index in [0.717, 1.165) is 0 Å². The molecule has 0 aliphatic carbocycles. The normalized spacial score (nSPS) is 13.7. The zero-order valence-electron chi connectivity index (χ0n) is 20.7. The van der Waals surface area contributed by atoms with Crippen LogP contribution in [0.5, 0.6) is 0 Å². The highest BCUT2D eigenvalue weighted by atomic mass is 16.4. The van der Waals surface area contributed by atoms with Gasteiger partial charge in [0.2, 0.25) is 17.7 Å². The van der Waals surface area contributed by atoms with Crippen LogP contribution in [0.1, 0.15) is 31.2 Å². The molecule has 1 aromatic rings. The monoisotopic (exact) mass is 537 g/mol. The Morgan fingerprint density at radius 2 is 1.42 bits per heavy atom. The number of benzene rings is 1. The summed E-state index contributed by atoms with van der Waals surface area (Å²) in [7, 11) is 0. The second kappa shape index (κ2) is 16.5. The van der Waals surface area contributed by atoms with Crippen molar-refractivity contribution in [1.82, 2.24) is 16.0 Å². The molecule has 1 aromatic carbocycles. The van der Waals surface area contributed by atoms with Crippen molar-refractivity contribution in [2.75, 3.05) is 13.2 Å². The molecule has 38 heavy (non-hydrogen) atoms. The van der Waals surface area contributed by atoms with Crippen LogP contribution in [0.4, 0.5) is 0 Å². The summed E-state index contributed by atoms with van der Waals surface area (Å²) >= 11 is 0. The molecule has 0 aliphatic heterocycles. The molecule has 0 saturated carbocycles. The first-order valence-corrected chi connectivity index (χ1v) is 11.8. The molecule has 210 valence electrons. The number of hydrogen-bond donors (Lipinski definition) is 9. The molecule has 1 rings (SSSR count). The predicted octanol–water partition coefficient (Wildman–Crippen LogP) is -2.99. The number of rotatable bonds is 17. The Bertz CT molecular complexity index is 985. The Labute approximate surface area is 218 Å². The molecule has 0 heterocycles. The fourth-order valence-electron chi connectivity index (χ4n) is 3.25. The van der Waals surface area contributed by atoms with Crippen LogP contribution in [0, 0.1) is 0 Å². The molecule has 4 atom stereocenters. The van der Waals surface area contributed by atoms with Crippen LogP contribution in [0.15, 0.2) is 35.3 Å². The summed E-state index contributed by atoms with van der Waals surface area (Å²) in [5.41, 5.74) is 16.8. The minimum Gasteiger partial charge on any atom is -0.481 e. The van der Waals surface area contributed by atoms with Crippen LogP contribution >= 0.6 is 0 Å². The molecule has 4 unspecified atom stereocenters. The first kappa shape index (κ1) is 31.8. The minimum absolute atomic E-state index is 0.00757. The van der Waals surface area contributed by atoms with Crippen LogP contribution in [-0.2, 0) is 30.4 Å². The summed E-state index contributed by atoms with van der Waals surface area (Å²) in [6, 6.07) is 3.28. The fourth-order valence-corrected chi connectivity index (χ4v) is 3.25. The SMILES string of the molecule is NC(N)=NCCCC(NC(=O)C(CO)NC(=O)C(Cc1ccccc1)NC(=O)C(N)CCC(=O)O)C(=O)O. The van der Waals surface area contributed by atoms with E-state index in [4.69, 9.17) is 22.3 Å². The van der Waals surface area contributed by atoms with Crippen LogP contribution in [-0.4, -0.2) is 88.3 Å². The Morgan fingerprint density at radius 3 is 1.97 bits per heavy atom. The molecule has 0 aromatic heterocycles. The van der Waals surface area contributed by atoms with Gasteiger partial charge < -0.3 is 48.5 Å². The molecule has 0 aliphatic rings. The lowest BCUT2D eigenvalue weighted by atomic mass is 10.0. The average molecular weight is 538 g/mol. The number of guanidine groups is 1. The maximum Gasteiger partial charge on any atom is 0.326 e. The van der Waals surface area contributed by atoms with Gasteiger partial charge in [-0.05, 0) is 24.8 Å². The van der Waals surface area contributed by atoms with E-state index in [1.54, 1.807) is 30.3 Å². The number of nitrogens with one attached hydrogen (secondary N) is 3. The molecule has 0 radical (unpaired) electrons. The topological polar surface area (TPSA) is 273 Å². The number of carboxylic acid groups (broad SMARTS) is 2. The zero-order valence-corrected chi connectivity index (χ0v) is 20.7. The largest absolute Gasteiger partial charge is 0.481 e. The zero-order chi connectivity index (χ0) is 28.7. The van der Waals surface area contributed by atoms with Gasteiger partial charge in [-0.1, -0.05) is 30.3 Å². The molecule has 0 spiro atoms. The van der Waals surface area contributed by atoms with Crippen molar-refractivity contribution >= 4 is 35.6 Å². The summed E-state index contributed by atoms with van der Waals surface area (Å²) in [6.07, 6.45) is -0.314. The van der Waals surface area contributed by atoms with Crippen molar-refractivity contribution in [3.05, 3.63) is 35.9 Å². The number of nitrogens with zero attached hydrogens (tertiary/aromatic N) is 1. The van der Waals surface area contributed by atoms with Crippen molar-refractivity contribution in [3.63, 3.8) is 0 Å². The Balaban J connectivity index is 2.92. The van der Waals surface area contributed by atoms with Crippen molar-refractivity contribution in [3.8, 4) is 0 Å². The number of amides is 3. The quantitative estimate of drug-likeness (QED) is 0.0548. The van der Waals surface area contributed by atoms with Gasteiger partial charge in [-0.3, -0.25) is 24.2 Å². The lowest BCUT2D eigenvalue weighted by Crippen LogP contribution is -2.58. The van der Waals surface area contributed by atoms with Gasteiger partial charge in [-0.2, -0.15) is 0 Å². The number of aliphatic hydroxyl groups is 1. The van der Waals surface area contributed by atoms with E-state index >= 15 is 0 Å². The summed E-state index contributed by atoms with van der Waals surface area (Å²) in [5, 5.41) is 34.9. The first-order valence-electron chi connectivity index (χ1n) is 11.8. The summed E-state index contributed by atoms with van der Waals surface area (Å²) in [4.78, 5) is 64.2. The Kier molecular flexibility index (Phi) is 13.8. The number of carbonyl (C=O) groups excluding carboxylic acids is 3. The van der Waals surface area contributed by atoms with E-state index < -0.39 is 60.4 Å². The van der Waals surface area contributed by atoms with Crippen molar-refractivity contribution in [2.45, 2.75) is 56.3 Å². The minimum atomic E-state index is -1.53. The first-order chi connectivity index (χ1) is 17.9. The van der Waals surface area contributed by atoms with Gasteiger partial charge in [0, 0.05) is 19.4 Å². The second-order valence-corrected chi connectivity index (χ2v) is 8.38. The maximum atomic E-state index is 13.0. The molecule has 3 amide bonds. The maximum absolute atomic E-state index is 13.0. The standard InChI is InChI=1S/C23H35N7O8/c24-14(8-9-18(32)33)19(34)29-16(11-13-5-2-1-3-6-13)20(35)30-17(12-31)21(36)28-15(22(37)38)7-4-10-27-23(25)26/h1-3,5-6,14-17,31H,4,7-12,24H2,(H,28,36)(H,29,34)(H,30,35)(H,32,33)(H,37,38)(H4,25,26,27). The summed E-state index contributed by atoms with van der Waals surface area (Å²) in [6.45, 7) is -0.723. The smallest absolute Gasteiger partial charge is 0.326 e. The Hall–Kier alpha value is -4.24. The van der Waals surface area contributed by atoms with Gasteiger partial charge in [0.25, 0.3) is 0 Å². The third-order valence-corrected chi connectivity index (χ3v) is 5.30. The summed E-state index contributed by atoms with van der Waals surface area (Å²) in [5.74, 6) is -5.22. The lowest BCUT2D eigenvalue weighted by molar-refractivity contribution is -0.143. The van der Waals surface area contributed by atoms with E-state index in [1.165, 1.54) is 0 Å². The van der Waals surface area contributed by atoms with E-state index in [0.29, 0.717) is 5.56 Å². The third kappa shape index (κ3) is 12.1. The predicted molar refractivity (Wildman–Crippen MR) is 135 cm³/mol. The molecule has 15 nitrogen and oxygen atoms in total. The number of aliphatic hydroxyl groups excluding tert-OH is 1. The van der Waals surface area contributed by atoms with Crippen LogP contribution in [0.3, 0.4) is 0 Å². The number of carbonyl (C=O) groups is 5. The van der Waals surface area contributed by atoms with Gasteiger partial charge >= 0.3 is 11.9 Å². The van der Waals surface area contributed by atoms with Crippen LogP contribution in [0.2, 0.25) is 0 Å². The van der Waals surface area contributed by atoms with E-state index in [2.05, 4.69) is 20.9 Å². The average Bonchev–Trinajstić information content (AvgIpc) is 2.86. The summed E-state index contributed by atoms with van der Waals surface area (Å²) < 4.78 is 0. The molecular formula is C23H35N7O8. The van der Waals surface area contributed by atoms with Gasteiger partial charge in [0.15, 0.2) is 5.96 Å². The highest BCUT2D eigenvalue weighted by Gasteiger charge is 2.30. The number of nitrogens with two attached hydrogens (primary N) is 3. The third-order valence-electron chi connectivity index (χ3n) is 5.30. The van der Waals surface area contributed by atoms with Crippen LogP contribution in [0.25, 0.3) is 0 Å². The number of aliphatic imine (C=N–C) groups is 1. The van der Waals surface area contributed by atoms with Gasteiger partial charge in [-0.15, -0.1) is 0 Å². The van der Waals surface area contributed by atoms with E-state index in [9.17, 15) is 34.2 Å². The molecule has 15 heteroatoms. The van der Waals surface area contributed by atoms with Crippen LogP contribution < -0.4 is 33.2 Å². The molecule has 0 saturated heterocycles. The van der Waals surface area contributed by atoms with Gasteiger partial charge in [0.05, 0.1) is 12.6 Å². The van der Waals surface area contributed by atoms with E-state index in [1.807, 2.05) is 0 Å². The molecule has 0 fully saturated rings. The van der Waals surface area contributed by atoms with Crippen molar-refractivity contribution in [2.24, 2.45) is 22.2 Å². The number of aliphatic carboxylic acids is 2. The number of carboxylic acids is 2. The Morgan fingerprint density at radius 1 is 0.842 bits per heavy atom. The number of hydrogen-bond acceptors (Lipinski definition) is 8. The van der Waals surface area contributed by atoms with Gasteiger partial charge in [0.1, 0.15) is 18.1 Å². The van der Waals surface area contributed by atoms with E-state index in [-0.39, 0.29) is 44.6 Å². The molecule has 12 N–H and O–H groups in total. The highest BCUT2D eigenvalue weighted by molar-refractivity contribution is 5.94. The second-order valence-electron chi connectivity index (χ2n) is 8.38. The lowest BCUT2D eigenvalue weighted by Gasteiger charge is -2.24. The van der Waals surface area contributed by atoms with Gasteiger partial charge in [-0.25, -0.2) is 4.79 Å². The highest BCUT2D eigenvalue weighted by Crippen LogP contribution is 2.06. The molecular weight excluding hydrogens is 502 g/mol. The fraction of sp³-hybridized carbons (Fsp3) is 0.478.